The van der Waals surface area contributed by atoms with Crippen molar-refractivity contribution in [2.45, 2.75) is 6.92 Å². The Morgan fingerprint density at radius 1 is 1.09 bits per heavy atom. The summed E-state index contributed by atoms with van der Waals surface area (Å²) >= 11 is 0. The van der Waals surface area contributed by atoms with Crippen LogP contribution in [0, 0.1) is 0 Å². The summed E-state index contributed by atoms with van der Waals surface area (Å²) in [7, 11) is 2.74. The van der Waals surface area contributed by atoms with Gasteiger partial charge in [0.05, 0.1) is 31.1 Å². The maximum atomic E-state index is 12.7. The molecular formula is C16H14O6. The molecule has 0 spiro atoms. The van der Waals surface area contributed by atoms with Crippen molar-refractivity contribution in [1.82, 2.24) is 0 Å². The number of rotatable bonds is 2. The number of ether oxygens (including phenoxy) is 3. The highest BCUT2D eigenvalue weighted by Crippen LogP contribution is 2.44. The van der Waals surface area contributed by atoms with Crippen LogP contribution in [0.25, 0.3) is 0 Å². The minimum absolute atomic E-state index is 0.0254. The van der Waals surface area contributed by atoms with E-state index in [0.29, 0.717) is 5.76 Å². The van der Waals surface area contributed by atoms with Crippen LogP contribution in [0.3, 0.4) is 0 Å². The molecule has 114 valence electrons. The highest BCUT2D eigenvalue weighted by Gasteiger charge is 2.38. The fraction of sp³-hybridized carbons (Fsp3) is 0.250. The van der Waals surface area contributed by atoms with E-state index >= 15 is 0 Å². The molecule has 1 aliphatic carbocycles. The van der Waals surface area contributed by atoms with Crippen LogP contribution in [0.15, 0.2) is 29.0 Å². The van der Waals surface area contributed by atoms with Gasteiger partial charge in [0.15, 0.2) is 23.1 Å². The van der Waals surface area contributed by atoms with Crippen molar-refractivity contribution in [3.05, 3.63) is 40.2 Å². The third kappa shape index (κ3) is 1.80. The van der Waals surface area contributed by atoms with Crippen LogP contribution in [0.2, 0.25) is 0 Å². The van der Waals surface area contributed by atoms with Crippen molar-refractivity contribution in [2.24, 2.45) is 0 Å². The Bertz CT molecular complexity index is 769. The molecular weight excluding hydrogens is 288 g/mol. The van der Waals surface area contributed by atoms with Crippen LogP contribution in [-0.4, -0.2) is 37.5 Å². The summed E-state index contributed by atoms with van der Waals surface area (Å²) < 4.78 is 15.6. The van der Waals surface area contributed by atoms with Gasteiger partial charge in [-0.1, -0.05) is 0 Å². The Kier molecular flexibility index (Phi) is 3.16. The number of fused-ring (bicyclic) bond motifs is 1. The molecule has 1 aliphatic heterocycles. The van der Waals surface area contributed by atoms with Gasteiger partial charge in [0.1, 0.15) is 12.4 Å². The number of methoxy groups -OCH3 is 2. The lowest BCUT2D eigenvalue weighted by Crippen LogP contribution is -2.27. The van der Waals surface area contributed by atoms with Crippen molar-refractivity contribution in [1.29, 1.82) is 0 Å². The maximum absolute atomic E-state index is 12.7. The highest BCUT2D eigenvalue weighted by atomic mass is 16.5. The maximum Gasteiger partial charge on any atom is 0.198 e. The zero-order valence-corrected chi connectivity index (χ0v) is 12.4. The summed E-state index contributed by atoms with van der Waals surface area (Å²) in [6.45, 7) is 1.72. The van der Waals surface area contributed by atoms with E-state index in [1.807, 2.05) is 0 Å². The third-order valence-corrected chi connectivity index (χ3v) is 3.76. The van der Waals surface area contributed by atoms with E-state index < -0.39 is 5.78 Å². The molecule has 0 aromatic heterocycles. The fourth-order valence-corrected chi connectivity index (χ4v) is 2.66. The Labute approximate surface area is 126 Å². The fourth-order valence-electron chi connectivity index (χ4n) is 2.66. The second-order valence-corrected chi connectivity index (χ2v) is 4.97. The number of allylic oxidation sites excluding steroid dienone is 3. The summed E-state index contributed by atoms with van der Waals surface area (Å²) in [5, 5.41) is 10.3. The van der Waals surface area contributed by atoms with Gasteiger partial charge >= 0.3 is 0 Å². The number of hydrogen-bond acceptors (Lipinski definition) is 6. The number of hydrogen-bond donors (Lipinski definition) is 1. The number of ketones is 2. The molecule has 6 nitrogen and oxygen atoms in total. The van der Waals surface area contributed by atoms with E-state index in [1.165, 1.54) is 26.4 Å². The number of aromatic hydroxyl groups is 1. The van der Waals surface area contributed by atoms with E-state index in [1.54, 1.807) is 6.92 Å². The molecule has 0 saturated carbocycles. The highest BCUT2D eigenvalue weighted by molar-refractivity contribution is 6.30. The normalized spacial score (nSPS) is 16.6. The summed E-state index contributed by atoms with van der Waals surface area (Å²) in [5.74, 6) is -0.391. The standard InChI is InChI=1S/C16H14O6/c1-7-4-8-9(6-22-7)15(18)12-10(20-2)5-11(21-3)16(19)13(12)14(8)17/h4-5,19H,6H2,1-3H3. The van der Waals surface area contributed by atoms with E-state index in [0.717, 1.165) is 0 Å². The third-order valence-electron chi connectivity index (χ3n) is 3.76. The molecule has 0 radical (unpaired) electrons. The molecule has 1 heterocycles. The largest absolute Gasteiger partial charge is 0.504 e. The molecule has 0 saturated heterocycles. The zero-order chi connectivity index (χ0) is 16.0. The number of Topliss-reactive ketones (excluding diaryl/α,β-unsaturated/α-hetero) is 2. The van der Waals surface area contributed by atoms with E-state index in [2.05, 4.69) is 0 Å². The molecule has 0 amide bonds. The topological polar surface area (TPSA) is 82.1 Å². The number of phenols is 1. The second kappa shape index (κ2) is 4.91. The van der Waals surface area contributed by atoms with Gasteiger partial charge in [0, 0.05) is 17.2 Å². The first-order valence-electron chi connectivity index (χ1n) is 6.61. The van der Waals surface area contributed by atoms with Gasteiger partial charge < -0.3 is 19.3 Å². The van der Waals surface area contributed by atoms with Crippen molar-refractivity contribution in [3.63, 3.8) is 0 Å². The molecule has 1 aromatic rings. The Morgan fingerprint density at radius 3 is 2.41 bits per heavy atom. The molecule has 0 unspecified atom stereocenters. The number of benzene rings is 1. The van der Waals surface area contributed by atoms with Crippen LogP contribution in [0.5, 0.6) is 17.2 Å². The van der Waals surface area contributed by atoms with E-state index in [-0.39, 0.29) is 51.9 Å². The Hall–Kier alpha value is -2.76. The molecule has 2 aliphatic rings. The molecule has 1 aromatic carbocycles. The average Bonchev–Trinajstić information content (AvgIpc) is 2.52. The molecule has 0 bridgehead atoms. The molecule has 6 heteroatoms. The summed E-state index contributed by atoms with van der Waals surface area (Å²) in [6.07, 6.45) is 1.51. The predicted octanol–water partition coefficient (Wildman–Crippen LogP) is 2.02. The minimum atomic E-state index is -0.443. The van der Waals surface area contributed by atoms with Crippen LogP contribution in [0.4, 0.5) is 0 Å². The lowest BCUT2D eigenvalue weighted by atomic mass is 9.82. The van der Waals surface area contributed by atoms with Crippen molar-refractivity contribution in [3.8, 4) is 17.2 Å². The Balaban J connectivity index is 2.33. The Morgan fingerprint density at radius 2 is 1.77 bits per heavy atom. The van der Waals surface area contributed by atoms with Crippen molar-refractivity contribution in [2.75, 3.05) is 20.8 Å². The quantitative estimate of drug-likeness (QED) is 0.900. The zero-order valence-electron chi connectivity index (χ0n) is 12.4. The van der Waals surface area contributed by atoms with Gasteiger partial charge in [-0.15, -0.1) is 0 Å². The van der Waals surface area contributed by atoms with E-state index in [4.69, 9.17) is 14.2 Å². The SMILES string of the molecule is COc1cc(OC)c2c(c1O)C(=O)C1=C(COC(C)=C1)C2=O. The first-order chi connectivity index (χ1) is 10.5. The minimum Gasteiger partial charge on any atom is -0.504 e. The summed E-state index contributed by atoms with van der Waals surface area (Å²) in [4.78, 5) is 25.4. The number of phenolic OH excluding ortho intramolecular Hbond substituents is 1. The van der Waals surface area contributed by atoms with Gasteiger partial charge in [0.25, 0.3) is 0 Å². The van der Waals surface area contributed by atoms with E-state index in [9.17, 15) is 14.7 Å². The van der Waals surface area contributed by atoms with Crippen LogP contribution < -0.4 is 9.47 Å². The molecule has 3 rings (SSSR count). The van der Waals surface area contributed by atoms with Crippen LogP contribution in [-0.2, 0) is 4.74 Å². The lowest BCUT2D eigenvalue weighted by Gasteiger charge is -2.25. The van der Waals surface area contributed by atoms with Crippen LogP contribution in [0.1, 0.15) is 27.6 Å². The van der Waals surface area contributed by atoms with Gasteiger partial charge in [-0.3, -0.25) is 9.59 Å². The second-order valence-electron chi connectivity index (χ2n) is 4.97. The predicted molar refractivity (Wildman–Crippen MR) is 76.6 cm³/mol. The molecule has 22 heavy (non-hydrogen) atoms. The van der Waals surface area contributed by atoms with Gasteiger partial charge in [-0.05, 0) is 13.0 Å². The van der Waals surface area contributed by atoms with Crippen molar-refractivity contribution < 1.29 is 28.9 Å². The van der Waals surface area contributed by atoms with Gasteiger partial charge in [-0.2, -0.15) is 0 Å². The van der Waals surface area contributed by atoms with Crippen LogP contribution >= 0.6 is 0 Å². The number of carbonyl (C=O) groups excluding carboxylic acids is 2. The number of carbonyl (C=O) groups is 2. The molecule has 1 N–H and O–H groups in total. The monoisotopic (exact) mass is 302 g/mol. The van der Waals surface area contributed by atoms with Crippen molar-refractivity contribution >= 4 is 11.6 Å². The first-order valence-corrected chi connectivity index (χ1v) is 6.61. The summed E-state index contributed by atoms with van der Waals surface area (Å²) in [6, 6.07) is 1.38. The molecule has 0 atom stereocenters. The van der Waals surface area contributed by atoms with Gasteiger partial charge in [-0.25, -0.2) is 0 Å². The van der Waals surface area contributed by atoms with Gasteiger partial charge in [0.2, 0.25) is 0 Å². The summed E-state index contributed by atoms with van der Waals surface area (Å²) in [5.41, 5.74) is 0.463. The smallest absolute Gasteiger partial charge is 0.198 e. The first kappa shape index (κ1) is 14.2. The lowest BCUT2D eigenvalue weighted by molar-refractivity contribution is 0.0946. The molecule has 0 fully saturated rings. The average molecular weight is 302 g/mol.